The molecule has 4 heteroatoms. The molecular weight excluding hydrogens is 633 g/mol. The molecule has 0 fully saturated rings. The van der Waals surface area contributed by atoms with Crippen LogP contribution in [0.3, 0.4) is 0 Å². The average Bonchev–Trinajstić information content (AvgIpc) is 3.23. The third kappa shape index (κ3) is 5.17. The molecule has 52 heavy (non-hydrogen) atoms. The van der Waals surface area contributed by atoms with Gasteiger partial charge in [0.1, 0.15) is 0 Å². The van der Waals surface area contributed by atoms with E-state index in [-0.39, 0.29) is 0 Å². The molecule has 0 N–H and O–H groups in total. The summed E-state index contributed by atoms with van der Waals surface area (Å²) in [5.41, 5.74) is 10.0. The van der Waals surface area contributed by atoms with E-state index >= 15 is 0 Å². The van der Waals surface area contributed by atoms with Gasteiger partial charge in [0.25, 0.3) is 0 Å². The normalized spacial score (nSPS) is 11.5. The molecule has 2 aromatic heterocycles. The number of hydrogen-bond donors (Lipinski definition) is 0. The van der Waals surface area contributed by atoms with Crippen molar-refractivity contribution in [3.8, 4) is 56.4 Å². The Morgan fingerprint density at radius 2 is 0.692 bits per heavy atom. The van der Waals surface area contributed by atoms with Crippen LogP contribution in [0.1, 0.15) is 0 Å². The SMILES string of the molecule is c1ccc(-c2nc(-c3ccc(-c4cccc(-c5nc(-c6ccccc6)nc6c5ccc5ccccc56)c4)cc3)c3ccc4ccccc4c3n2)cc1. The predicted octanol–water partition coefficient (Wildman–Crippen LogP) is 12.2. The highest BCUT2D eigenvalue weighted by atomic mass is 14.9. The summed E-state index contributed by atoms with van der Waals surface area (Å²) < 4.78 is 0. The largest absolute Gasteiger partial charge is 0.227 e. The highest BCUT2D eigenvalue weighted by Crippen LogP contribution is 2.37. The van der Waals surface area contributed by atoms with Crippen molar-refractivity contribution in [2.45, 2.75) is 0 Å². The monoisotopic (exact) mass is 662 g/mol. The summed E-state index contributed by atoms with van der Waals surface area (Å²) in [5.74, 6) is 1.44. The summed E-state index contributed by atoms with van der Waals surface area (Å²) >= 11 is 0. The molecule has 242 valence electrons. The van der Waals surface area contributed by atoms with Gasteiger partial charge in [0.2, 0.25) is 0 Å². The molecule has 0 unspecified atom stereocenters. The molecule has 0 amide bonds. The third-order valence-corrected chi connectivity index (χ3v) is 9.87. The van der Waals surface area contributed by atoms with Crippen LogP contribution in [0.4, 0.5) is 0 Å². The fourth-order valence-corrected chi connectivity index (χ4v) is 7.27. The molecule has 0 aliphatic rings. The molecule has 0 atom stereocenters. The maximum absolute atomic E-state index is 5.20. The predicted molar refractivity (Wildman–Crippen MR) is 215 cm³/mol. The van der Waals surface area contributed by atoms with Crippen molar-refractivity contribution in [2.75, 3.05) is 0 Å². The Labute approximate surface area is 300 Å². The van der Waals surface area contributed by atoms with Crippen LogP contribution in [-0.4, -0.2) is 19.9 Å². The fraction of sp³-hybridized carbons (Fsp3) is 0. The van der Waals surface area contributed by atoms with Crippen LogP contribution in [0.2, 0.25) is 0 Å². The van der Waals surface area contributed by atoms with Gasteiger partial charge in [0.05, 0.1) is 22.4 Å². The summed E-state index contributed by atoms with van der Waals surface area (Å²) in [6.45, 7) is 0. The molecular formula is C48H30N4. The molecule has 2 heterocycles. The maximum atomic E-state index is 5.20. The van der Waals surface area contributed by atoms with E-state index in [4.69, 9.17) is 19.9 Å². The van der Waals surface area contributed by atoms with E-state index in [1.54, 1.807) is 0 Å². The first kappa shape index (κ1) is 29.8. The van der Waals surface area contributed by atoms with Crippen LogP contribution >= 0.6 is 0 Å². The summed E-state index contributed by atoms with van der Waals surface area (Å²) in [4.78, 5) is 20.6. The van der Waals surface area contributed by atoms with Gasteiger partial charge in [-0.2, -0.15) is 0 Å². The standard InChI is InChI=1S/C48H30N4/c1-3-14-35(15-4-1)47-49-43(41-28-26-32-12-7-9-20-39(32)45(41)51-47)34-24-22-31(23-25-34)37-18-11-19-38(30-37)44-42-29-27-33-13-8-10-21-40(33)46(42)52-48(50-44)36-16-5-2-6-17-36/h1-30H. The first-order valence-corrected chi connectivity index (χ1v) is 17.5. The molecule has 0 radical (unpaired) electrons. The van der Waals surface area contributed by atoms with E-state index in [2.05, 4.69) is 146 Å². The maximum Gasteiger partial charge on any atom is 0.160 e. The lowest BCUT2D eigenvalue weighted by Gasteiger charge is -2.13. The van der Waals surface area contributed by atoms with Crippen molar-refractivity contribution in [1.82, 2.24) is 19.9 Å². The molecule has 0 saturated carbocycles. The molecule has 10 aromatic rings. The van der Waals surface area contributed by atoms with Crippen molar-refractivity contribution < 1.29 is 0 Å². The van der Waals surface area contributed by atoms with Gasteiger partial charge in [-0.1, -0.05) is 164 Å². The topological polar surface area (TPSA) is 51.6 Å². The summed E-state index contributed by atoms with van der Waals surface area (Å²) in [6, 6.07) is 63.3. The van der Waals surface area contributed by atoms with Crippen molar-refractivity contribution >= 4 is 43.4 Å². The second-order valence-electron chi connectivity index (χ2n) is 13.0. The number of aromatic nitrogens is 4. The van der Waals surface area contributed by atoms with Crippen LogP contribution in [0, 0.1) is 0 Å². The Balaban J connectivity index is 1.09. The average molecular weight is 663 g/mol. The molecule has 0 saturated heterocycles. The van der Waals surface area contributed by atoms with E-state index in [0.29, 0.717) is 5.82 Å². The van der Waals surface area contributed by atoms with E-state index in [1.165, 1.54) is 0 Å². The molecule has 0 aliphatic heterocycles. The Morgan fingerprint density at radius 3 is 1.25 bits per heavy atom. The first-order chi connectivity index (χ1) is 25.8. The lowest BCUT2D eigenvalue weighted by Crippen LogP contribution is -1.96. The van der Waals surface area contributed by atoms with Crippen molar-refractivity contribution in [2.24, 2.45) is 0 Å². The number of fused-ring (bicyclic) bond motifs is 6. The first-order valence-electron chi connectivity index (χ1n) is 17.5. The van der Waals surface area contributed by atoms with E-state index in [0.717, 1.165) is 93.9 Å². The van der Waals surface area contributed by atoms with Crippen LogP contribution in [0.5, 0.6) is 0 Å². The van der Waals surface area contributed by atoms with Gasteiger partial charge in [-0.15, -0.1) is 0 Å². The van der Waals surface area contributed by atoms with Gasteiger partial charge >= 0.3 is 0 Å². The summed E-state index contributed by atoms with van der Waals surface area (Å²) in [7, 11) is 0. The van der Waals surface area contributed by atoms with E-state index in [9.17, 15) is 0 Å². The third-order valence-electron chi connectivity index (χ3n) is 9.87. The minimum Gasteiger partial charge on any atom is -0.227 e. The Kier molecular flexibility index (Phi) is 7.10. The smallest absolute Gasteiger partial charge is 0.160 e. The number of rotatable bonds is 5. The van der Waals surface area contributed by atoms with Gasteiger partial charge in [-0.25, -0.2) is 19.9 Å². The van der Waals surface area contributed by atoms with Crippen molar-refractivity contribution in [1.29, 1.82) is 0 Å². The zero-order valence-corrected chi connectivity index (χ0v) is 28.1. The Morgan fingerprint density at radius 1 is 0.250 bits per heavy atom. The van der Waals surface area contributed by atoms with E-state index < -0.39 is 0 Å². The Hall–Kier alpha value is -7.04. The van der Waals surface area contributed by atoms with Gasteiger partial charge in [-0.3, -0.25) is 0 Å². The van der Waals surface area contributed by atoms with Crippen LogP contribution < -0.4 is 0 Å². The number of nitrogens with zero attached hydrogens (tertiary/aromatic N) is 4. The summed E-state index contributed by atoms with van der Waals surface area (Å²) in [6.07, 6.45) is 0. The van der Waals surface area contributed by atoms with Crippen LogP contribution in [-0.2, 0) is 0 Å². The lowest BCUT2D eigenvalue weighted by molar-refractivity contribution is 1.23. The molecule has 0 aliphatic carbocycles. The molecule has 4 nitrogen and oxygen atoms in total. The van der Waals surface area contributed by atoms with Gasteiger partial charge in [-0.05, 0) is 40.1 Å². The molecule has 0 bridgehead atoms. The molecule has 0 spiro atoms. The number of benzene rings is 8. The minimum absolute atomic E-state index is 0.717. The highest BCUT2D eigenvalue weighted by Gasteiger charge is 2.16. The molecule has 10 rings (SSSR count). The van der Waals surface area contributed by atoms with Crippen molar-refractivity contribution in [3.05, 3.63) is 182 Å². The zero-order valence-electron chi connectivity index (χ0n) is 28.1. The van der Waals surface area contributed by atoms with E-state index in [1.807, 2.05) is 36.4 Å². The van der Waals surface area contributed by atoms with Gasteiger partial charge in [0.15, 0.2) is 11.6 Å². The lowest BCUT2D eigenvalue weighted by atomic mass is 9.96. The van der Waals surface area contributed by atoms with Gasteiger partial charge in [0, 0.05) is 43.8 Å². The van der Waals surface area contributed by atoms with Gasteiger partial charge < -0.3 is 0 Å². The Bertz CT molecular complexity index is 2940. The fourth-order valence-electron chi connectivity index (χ4n) is 7.27. The second-order valence-corrected chi connectivity index (χ2v) is 13.0. The van der Waals surface area contributed by atoms with Crippen LogP contribution in [0.25, 0.3) is 99.8 Å². The highest BCUT2D eigenvalue weighted by molar-refractivity contribution is 6.11. The zero-order chi connectivity index (χ0) is 34.4. The molecule has 8 aromatic carbocycles. The van der Waals surface area contributed by atoms with Crippen LogP contribution in [0.15, 0.2) is 182 Å². The quantitative estimate of drug-likeness (QED) is 0.172. The summed E-state index contributed by atoms with van der Waals surface area (Å²) in [5, 5.41) is 6.62. The number of hydrogen-bond acceptors (Lipinski definition) is 4. The minimum atomic E-state index is 0.717. The second kappa shape index (κ2) is 12.4. The van der Waals surface area contributed by atoms with Crippen molar-refractivity contribution in [3.63, 3.8) is 0 Å².